The van der Waals surface area contributed by atoms with Gasteiger partial charge in [0.1, 0.15) is 0 Å². The predicted molar refractivity (Wildman–Crippen MR) is 97.6 cm³/mol. The van der Waals surface area contributed by atoms with Crippen molar-refractivity contribution in [3.8, 4) is 0 Å². The van der Waals surface area contributed by atoms with E-state index in [0.717, 1.165) is 6.04 Å². The van der Waals surface area contributed by atoms with Crippen LogP contribution in [0.5, 0.6) is 0 Å². The molecule has 0 aromatic heterocycles. The lowest BCUT2D eigenvalue weighted by Crippen LogP contribution is -2.51. The fourth-order valence-corrected chi connectivity index (χ4v) is 4.18. The van der Waals surface area contributed by atoms with Crippen LogP contribution in [-0.4, -0.2) is 62.2 Å². The molecule has 1 N–H and O–H groups in total. The molecule has 3 rings (SSSR count). The second kappa shape index (κ2) is 9.79. The molecule has 3 aliphatic rings. The van der Waals surface area contributed by atoms with Gasteiger partial charge in [0.15, 0.2) is 0 Å². The average molecular weight is 361 g/mol. The highest BCUT2D eigenvalue weighted by atomic mass is 35.5. The zero-order valence-corrected chi connectivity index (χ0v) is 15.6. The van der Waals surface area contributed by atoms with Crippen molar-refractivity contribution in [2.75, 3.05) is 46.3 Å². The summed E-state index contributed by atoms with van der Waals surface area (Å²) >= 11 is 0. The Balaban J connectivity index is 0.00000133. The Morgan fingerprint density at radius 1 is 0.810 bits per heavy atom. The Morgan fingerprint density at radius 3 is 1.86 bits per heavy atom. The molecule has 3 fully saturated rings. The first kappa shape index (κ1) is 21.8. The lowest BCUT2D eigenvalue weighted by molar-refractivity contribution is 0.0314. The van der Waals surface area contributed by atoms with Gasteiger partial charge in [-0.1, -0.05) is 0 Å². The van der Waals surface area contributed by atoms with Gasteiger partial charge >= 0.3 is 0 Å². The molecule has 1 spiro atoms. The number of hydrogen-bond acceptors (Lipinski definition) is 3. The fraction of sp³-hybridized carbons (Fsp3) is 1.00. The molecule has 0 aromatic carbocycles. The molecule has 21 heavy (non-hydrogen) atoms. The summed E-state index contributed by atoms with van der Waals surface area (Å²) in [4.78, 5) is 5.29. The molecule has 0 aromatic rings. The van der Waals surface area contributed by atoms with E-state index in [9.17, 15) is 0 Å². The van der Waals surface area contributed by atoms with Gasteiger partial charge in [-0.15, -0.1) is 37.2 Å². The number of piperidine rings is 3. The molecule has 3 saturated heterocycles. The first-order valence-corrected chi connectivity index (χ1v) is 7.91. The number of nitrogens with one attached hydrogen (secondary N) is 1. The molecule has 0 atom stereocenters. The first-order chi connectivity index (χ1) is 8.77. The van der Waals surface area contributed by atoms with Crippen molar-refractivity contribution in [3.05, 3.63) is 0 Å². The van der Waals surface area contributed by atoms with E-state index in [-0.39, 0.29) is 37.2 Å². The Hall–Kier alpha value is 0.750. The molecule has 0 aliphatic carbocycles. The molecular weight excluding hydrogens is 329 g/mol. The number of nitrogens with zero attached hydrogens (tertiary/aromatic N) is 2. The second-order valence-electron chi connectivity index (χ2n) is 6.82. The van der Waals surface area contributed by atoms with Crippen LogP contribution in [0.3, 0.4) is 0 Å². The average Bonchev–Trinajstić information content (AvgIpc) is 2.42. The Bertz CT molecular complexity index is 267. The molecule has 0 bridgehead atoms. The quantitative estimate of drug-likeness (QED) is 0.775. The van der Waals surface area contributed by atoms with Gasteiger partial charge in [-0.3, -0.25) is 0 Å². The molecule has 0 saturated carbocycles. The van der Waals surface area contributed by atoms with Crippen LogP contribution in [0, 0.1) is 5.41 Å². The minimum absolute atomic E-state index is 0. The molecule has 3 heterocycles. The van der Waals surface area contributed by atoms with Crippen LogP contribution in [0.2, 0.25) is 0 Å². The van der Waals surface area contributed by atoms with Gasteiger partial charge in [-0.2, -0.15) is 0 Å². The van der Waals surface area contributed by atoms with Crippen molar-refractivity contribution in [3.63, 3.8) is 0 Å². The summed E-state index contributed by atoms with van der Waals surface area (Å²) in [5.41, 5.74) is 0.715. The summed E-state index contributed by atoms with van der Waals surface area (Å²) in [6.07, 6.45) is 8.56. The van der Waals surface area contributed by atoms with Gasteiger partial charge in [-0.25, -0.2) is 0 Å². The molecule has 3 aliphatic heterocycles. The minimum Gasteiger partial charge on any atom is -0.317 e. The van der Waals surface area contributed by atoms with Gasteiger partial charge in [0.2, 0.25) is 0 Å². The van der Waals surface area contributed by atoms with Crippen molar-refractivity contribution < 1.29 is 0 Å². The molecule has 0 radical (unpaired) electrons. The van der Waals surface area contributed by atoms with Crippen LogP contribution in [0.4, 0.5) is 0 Å². The van der Waals surface area contributed by atoms with Gasteiger partial charge in [0.05, 0.1) is 0 Å². The van der Waals surface area contributed by atoms with Crippen molar-refractivity contribution in [1.29, 1.82) is 0 Å². The van der Waals surface area contributed by atoms with Crippen LogP contribution in [0.1, 0.15) is 38.5 Å². The smallest absolute Gasteiger partial charge is 0.0120 e. The molecule has 3 nitrogen and oxygen atoms in total. The highest BCUT2D eigenvalue weighted by Crippen LogP contribution is 2.40. The van der Waals surface area contributed by atoms with Crippen LogP contribution >= 0.6 is 37.2 Å². The number of likely N-dealkylation sites (tertiary alicyclic amines) is 2. The largest absolute Gasteiger partial charge is 0.317 e. The van der Waals surface area contributed by atoms with E-state index in [0.29, 0.717) is 5.41 Å². The Kier molecular flexibility index (Phi) is 10.1. The summed E-state index contributed by atoms with van der Waals surface area (Å²) in [6, 6.07) is 0.889. The lowest BCUT2D eigenvalue weighted by Gasteiger charge is -2.47. The molecule has 0 amide bonds. The summed E-state index contributed by atoms with van der Waals surface area (Å²) in [6.45, 7) is 7.86. The van der Waals surface area contributed by atoms with Gasteiger partial charge in [0, 0.05) is 6.04 Å². The SMILES string of the molecule is CN1CCC(N2CCC3(CCNCC3)CC2)CC1.Cl.Cl.Cl. The van der Waals surface area contributed by atoms with Crippen molar-refractivity contribution in [2.45, 2.75) is 44.6 Å². The minimum atomic E-state index is 0. The number of rotatable bonds is 1. The third-order valence-corrected chi connectivity index (χ3v) is 5.73. The molecule has 0 unspecified atom stereocenters. The van der Waals surface area contributed by atoms with E-state index in [1.54, 1.807) is 0 Å². The van der Waals surface area contributed by atoms with Gasteiger partial charge in [-0.05, 0) is 90.3 Å². The zero-order chi connectivity index (χ0) is 12.4. The van der Waals surface area contributed by atoms with E-state index in [2.05, 4.69) is 22.2 Å². The van der Waals surface area contributed by atoms with E-state index in [1.165, 1.54) is 77.8 Å². The molecule has 6 heteroatoms. The van der Waals surface area contributed by atoms with Gasteiger partial charge in [0.25, 0.3) is 0 Å². The summed E-state index contributed by atoms with van der Waals surface area (Å²) in [7, 11) is 2.26. The van der Waals surface area contributed by atoms with Crippen LogP contribution in [0.15, 0.2) is 0 Å². The summed E-state index contributed by atoms with van der Waals surface area (Å²) in [5.74, 6) is 0. The van der Waals surface area contributed by atoms with E-state index in [1.807, 2.05) is 0 Å². The van der Waals surface area contributed by atoms with Crippen LogP contribution < -0.4 is 5.32 Å². The number of halogens is 3. The highest BCUT2D eigenvalue weighted by molar-refractivity contribution is 5.86. The predicted octanol–water partition coefficient (Wildman–Crippen LogP) is 2.81. The Morgan fingerprint density at radius 2 is 1.33 bits per heavy atom. The first-order valence-electron chi connectivity index (χ1n) is 7.91. The molecular formula is C15H32Cl3N3. The standard InChI is InChI=1S/C15H29N3.3ClH/c1-17-10-2-14(3-11-17)18-12-6-15(7-13-18)4-8-16-9-5-15;;;/h14,16H,2-13H2,1H3;3*1H. The highest BCUT2D eigenvalue weighted by Gasteiger charge is 2.37. The van der Waals surface area contributed by atoms with Crippen LogP contribution in [0.25, 0.3) is 0 Å². The van der Waals surface area contributed by atoms with E-state index >= 15 is 0 Å². The zero-order valence-electron chi connectivity index (χ0n) is 13.2. The normalized spacial score (nSPS) is 27.3. The van der Waals surface area contributed by atoms with Crippen molar-refractivity contribution >= 4 is 37.2 Å². The summed E-state index contributed by atoms with van der Waals surface area (Å²) in [5, 5.41) is 3.52. The van der Waals surface area contributed by atoms with Crippen LogP contribution in [-0.2, 0) is 0 Å². The third kappa shape index (κ3) is 5.40. The maximum absolute atomic E-state index is 3.52. The summed E-state index contributed by atoms with van der Waals surface area (Å²) < 4.78 is 0. The Labute approximate surface area is 148 Å². The van der Waals surface area contributed by atoms with Gasteiger partial charge < -0.3 is 15.1 Å². The lowest BCUT2D eigenvalue weighted by atomic mass is 9.71. The number of hydrogen-bond donors (Lipinski definition) is 1. The second-order valence-corrected chi connectivity index (χ2v) is 6.82. The van der Waals surface area contributed by atoms with E-state index < -0.39 is 0 Å². The topological polar surface area (TPSA) is 18.5 Å². The van der Waals surface area contributed by atoms with Crippen molar-refractivity contribution in [1.82, 2.24) is 15.1 Å². The monoisotopic (exact) mass is 359 g/mol. The van der Waals surface area contributed by atoms with Crippen molar-refractivity contribution in [2.24, 2.45) is 5.41 Å². The maximum atomic E-state index is 3.52. The maximum Gasteiger partial charge on any atom is 0.0120 e. The fourth-order valence-electron chi connectivity index (χ4n) is 4.18. The molecule has 128 valence electrons. The third-order valence-electron chi connectivity index (χ3n) is 5.73. The van der Waals surface area contributed by atoms with E-state index in [4.69, 9.17) is 0 Å².